The molecule has 0 radical (unpaired) electrons. The molecule has 0 atom stereocenters. The summed E-state index contributed by atoms with van der Waals surface area (Å²) in [6.45, 7) is 5.83. The van der Waals surface area contributed by atoms with Crippen LogP contribution in [-0.2, 0) is 23.7 Å². The number of nitrogens with one attached hydrogen (secondary N) is 1. The predicted octanol–water partition coefficient (Wildman–Crippen LogP) is 3.15. The first-order valence-corrected chi connectivity index (χ1v) is 12.2. The van der Waals surface area contributed by atoms with Crippen LogP contribution in [0.15, 0.2) is 48.5 Å². The smallest absolute Gasteiger partial charge is 0.407 e. The van der Waals surface area contributed by atoms with Crippen LogP contribution in [0.2, 0.25) is 0 Å². The van der Waals surface area contributed by atoms with Gasteiger partial charge in [0, 0.05) is 19.0 Å². The van der Waals surface area contributed by atoms with Gasteiger partial charge >= 0.3 is 6.09 Å². The lowest BCUT2D eigenvalue weighted by molar-refractivity contribution is -0.00259. The van der Waals surface area contributed by atoms with E-state index in [1.807, 2.05) is 38.4 Å². The summed E-state index contributed by atoms with van der Waals surface area (Å²) in [4.78, 5) is 14.2. The average Bonchev–Trinajstić information content (AvgIpc) is 3.18. The number of ether oxygens (including phenoxy) is 5. The van der Waals surface area contributed by atoms with Crippen LogP contribution in [0, 0.1) is 0 Å². The minimum Gasteiger partial charge on any atom is -0.449 e. The van der Waals surface area contributed by atoms with Crippen LogP contribution in [0.25, 0.3) is 11.1 Å². The third kappa shape index (κ3) is 9.23. The Labute approximate surface area is 208 Å². The summed E-state index contributed by atoms with van der Waals surface area (Å²) >= 11 is 0. The summed E-state index contributed by atoms with van der Waals surface area (Å²) in [6, 6.07) is 16.6. The standard InChI is InChI=1S/C27H38N2O6/c1-29(2)12-14-32-16-18-34-20-19-33-17-15-31-13-11-28-27(30)35-21-26-24-9-5-3-7-22(24)23-8-4-6-10-25(23)26/h3-10,26H,11-21H2,1-2H3,(H,28,30). The molecule has 0 aliphatic heterocycles. The summed E-state index contributed by atoms with van der Waals surface area (Å²) in [7, 11) is 4.03. The fourth-order valence-corrected chi connectivity index (χ4v) is 3.88. The van der Waals surface area contributed by atoms with Crippen molar-refractivity contribution < 1.29 is 28.5 Å². The van der Waals surface area contributed by atoms with Gasteiger partial charge in [-0.05, 0) is 36.3 Å². The lowest BCUT2D eigenvalue weighted by Gasteiger charge is -2.14. The number of hydrogen-bond acceptors (Lipinski definition) is 7. The van der Waals surface area contributed by atoms with Gasteiger partial charge in [-0.25, -0.2) is 4.79 Å². The Morgan fingerprint density at radius 2 is 1.23 bits per heavy atom. The van der Waals surface area contributed by atoms with Gasteiger partial charge < -0.3 is 33.9 Å². The monoisotopic (exact) mass is 486 g/mol. The van der Waals surface area contributed by atoms with E-state index in [9.17, 15) is 4.79 Å². The molecule has 3 rings (SSSR count). The summed E-state index contributed by atoms with van der Waals surface area (Å²) in [5, 5.41) is 2.74. The molecule has 8 heteroatoms. The van der Waals surface area contributed by atoms with Gasteiger partial charge in [0.15, 0.2) is 0 Å². The van der Waals surface area contributed by atoms with Crippen molar-refractivity contribution in [2.24, 2.45) is 0 Å². The predicted molar refractivity (Wildman–Crippen MR) is 135 cm³/mol. The molecule has 0 heterocycles. The number of rotatable bonds is 17. The fraction of sp³-hybridized carbons (Fsp3) is 0.519. The van der Waals surface area contributed by atoms with E-state index in [1.165, 1.54) is 22.3 Å². The van der Waals surface area contributed by atoms with Gasteiger partial charge in [0.25, 0.3) is 0 Å². The highest BCUT2D eigenvalue weighted by molar-refractivity contribution is 5.79. The number of fused-ring (bicyclic) bond motifs is 3. The van der Waals surface area contributed by atoms with Gasteiger partial charge in [0.1, 0.15) is 6.61 Å². The highest BCUT2D eigenvalue weighted by atomic mass is 16.6. The van der Waals surface area contributed by atoms with Crippen LogP contribution in [0.3, 0.4) is 0 Å². The Hall–Kier alpha value is -2.49. The minimum absolute atomic E-state index is 0.0566. The maximum Gasteiger partial charge on any atom is 0.407 e. The van der Waals surface area contributed by atoms with Crippen LogP contribution in [-0.4, -0.2) is 97.6 Å². The number of alkyl carbamates (subject to hydrolysis) is 1. The molecule has 192 valence electrons. The molecule has 1 aliphatic rings. The van der Waals surface area contributed by atoms with Crippen molar-refractivity contribution in [3.8, 4) is 11.1 Å². The summed E-state index contributed by atoms with van der Waals surface area (Å²) in [6.07, 6.45) is -0.436. The van der Waals surface area contributed by atoms with Crippen molar-refractivity contribution >= 4 is 6.09 Å². The van der Waals surface area contributed by atoms with Crippen molar-refractivity contribution in [2.45, 2.75) is 5.92 Å². The Morgan fingerprint density at radius 1 is 0.743 bits per heavy atom. The van der Waals surface area contributed by atoms with E-state index in [0.717, 1.165) is 6.54 Å². The largest absolute Gasteiger partial charge is 0.449 e. The Balaban J connectivity index is 1.16. The van der Waals surface area contributed by atoms with Crippen LogP contribution >= 0.6 is 0 Å². The SMILES string of the molecule is CN(C)CCOCCOCCOCCOCCNC(=O)OCC1c2ccccc2-c2ccccc21. The zero-order valence-electron chi connectivity index (χ0n) is 20.9. The van der Waals surface area contributed by atoms with Gasteiger partial charge in [-0.2, -0.15) is 0 Å². The molecule has 0 saturated carbocycles. The van der Waals surface area contributed by atoms with E-state index in [-0.39, 0.29) is 5.92 Å². The minimum atomic E-state index is -0.436. The molecule has 35 heavy (non-hydrogen) atoms. The first-order chi connectivity index (χ1) is 17.2. The molecular formula is C27H38N2O6. The number of carbonyl (C=O) groups excluding carboxylic acids is 1. The van der Waals surface area contributed by atoms with Gasteiger partial charge in [-0.3, -0.25) is 0 Å². The summed E-state index contributed by atoms with van der Waals surface area (Å²) in [5.74, 6) is 0.0566. The van der Waals surface area contributed by atoms with Crippen LogP contribution in [0.1, 0.15) is 17.0 Å². The zero-order valence-corrected chi connectivity index (χ0v) is 20.9. The van der Waals surface area contributed by atoms with E-state index in [0.29, 0.717) is 66.0 Å². The molecular weight excluding hydrogens is 448 g/mol. The van der Waals surface area contributed by atoms with Gasteiger partial charge in [-0.1, -0.05) is 48.5 Å². The second-order valence-electron chi connectivity index (χ2n) is 8.51. The molecule has 0 bridgehead atoms. The second kappa shape index (κ2) is 15.5. The number of amides is 1. The zero-order chi connectivity index (χ0) is 24.7. The van der Waals surface area contributed by atoms with Crippen molar-refractivity contribution in [3.05, 3.63) is 59.7 Å². The van der Waals surface area contributed by atoms with Gasteiger partial charge in [0.2, 0.25) is 0 Å². The Bertz CT molecular complexity index is 846. The molecule has 1 aliphatic carbocycles. The molecule has 8 nitrogen and oxygen atoms in total. The number of likely N-dealkylation sites (N-methyl/N-ethyl adjacent to an activating group) is 1. The van der Waals surface area contributed by atoms with Crippen molar-refractivity contribution in [1.82, 2.24) is 10.2 Å². The Kier molecular flexibility index (Phi) is 12.0. The van der Waals surface area contributed by atoms with Crippen LogP contribution < -0.4 is 5.32 Å². The number of hydrogen-bond donors (Lipinski definition) is 1. The van der Waals surface area contributed by atoms with E-state index >= 15 is 0 Å². The summed E-state index contributed by atoms with van der Waals surface area (Å²) in [5.41, 5.74) is 4.82. The molecule has 0 aromatic heterocycles. The molecule has 0 unspecified atom stereocenters. The highest BCUT2D eigenvalue weighted by Gasteiger charge is 2.28. The average molecular weight is 487 g/mol. The van der Waals surface area contributed by atoms with Gasteiger partial charge in [-0.15, -0.1) is 0 Å². The number of nitrogens with zero attached hydrogens (tertiary/aromatic N) is 1. The second-order valence-corrected chi connectivity index (χ2v) is 8.51. The van der Waals surface area contributed by atoms with E-state index in [1.54, 1.807) is 0 Å². The Morgan fingerprint density at radius 3 is 1.77 bits per heavy atom. The molecule has 0 saturated heterocycles. The molecule has 2 aromatic carbocycles. The van der Waals surface area contributed by atoms with Crippen molar-refractivity contribution in [2.75, 3.05) is 86.6 Å². The van der Waals surface area contributed by atoms with E-state index < -0.39 is 6.09 Å². The molecule has 2 aromatic rings. The van der Waals surface area contributed by atoms with E-state index in [4.69, 9.17) is 23.7 Å². The van der Waals surface area contributed by atoms with Crippen molar-refractivity contribution in [1.29, 1.82) is 0 Å². The maximum atomic E-state index is 12.1. The maximum absolute atomic E-state index is 12.1. The van der Waals surface area contributed by atoms with E-state index in [2.05, 4.69) is 34.5 Å². The summed E-state index contributed by atoms with van der Waals surface area (Å²) < 4.78 is 27.4. The lowest BCUT2D eigenvalue weighted by Crippen LogP contribution is -2.29. The molecule has 0 spiro atoms. The quantitative estimate of drug-likeness (QED) is 0.344. The topological polar surface area (TPSA) is 78.5 Å². The highest BCUT2D eigenvalue weighted by Crippen LogP contribution is 2.44. The van der Waals surface area contributed by atoms with Crippen molar-refractivity contribution in [3.63, 3.8) is 0 Å². The molecule has 0 fully saturated rings. The molecule has 1 amide bonds. The lowest BCUT2D eigenvalue weighted by atomic mass is 9.98. The number of carbonyl (C=O) groups is 1. The molecule has 1 N–H and O–H groups in total. The number of benzene rings is 2. The fourth-order valence-electron chi connectivity index (χ4n) is 3.88. The first-order valence-electron chi connectivity index (χ1n) is 12.2. The van der Waals surface area contributed by atoms with Crippen LogP contribution in [0.5, 0.6) is 0 Å². The third-order valence-corrected chi connectivity index (χ3v) is 5.66. The van der Waals surface area contributed by atoms with Crippen LogP contribution in [0.4, 0.5) is 4.79 Å². The normalized spacial score (nSPS) is 12.5. The third-order valence-electron chi connectivity index (χ3n) is 5.66. The first kappa shape index (κ1) is 27.1. The van der Waals surface area contributed by atoms with Gasteiger partial charge in [0.05, 0.1) is 52.9 Å².